The molecule has 0 radical (unpaired) electrons. The molecule has 140 valence electrons. The number of rotatable bonds is 8. The fraction of sp³-hybridized carbons (Fsp3) is 0.412. The van der Waals surface area contributed by atoms with Gasteiger partial charge in [-0.3, -0.25) is 4.79 Å². The maximum atomic E-state index is 13.7. The first-order valence-corrected chi connectivity index (χ1v) is 8.97. The van der Waals surface area contributed by atoms with Crippen LogP contribution >= 0.6 is 11.8 Å². The zero-order valence-corrected chi connectivity index (χ0v) is 15.5. The van der Waals surface area contributed by atoms with Gasteiger partial charge in [0.15, 0.2) is 0 Å². The van der Waals surface area contributed by atoms with Gasteiger partial charge in [0.25, 0.3) is 11.1 Å². The highest BCUT2D eigenvalue weighted by Gasteiger charge is 2.23. The highest BCUT2D eigenvalue weighted by atomic mass is 32.2. The van der Waals surface area contributed by atoms with E-state index in [0.717, 1.165) is 11.8 Å². The molecule has 1 heterocycles. The van der Waals surface area contributed by atoms with Crippen LogP contribution < -0.4 is 5.32 Å². The van der Waals surface area contributed by atoms with E-state index in [1.165, 1.54) is 19.2 Å². The first-order valence-electron chi connectivity index (χ1n) is 7.99. The van der Waals surface area contributed by atoms with E-state index in [4.69, 9.17) is 9.15 Å². The van der Waals surface area contributed by atoms with E-state index in [0.29, 0.717) is 6.42 Å². The summed E-state index contributed by atoms with van der Waals surface area (Å²) >= 11 is 1.00. The minimum absolute atomic E-state index is 0.0233. The molecule has 0 saturated heterocycles. The molecule has 0 spiro atoms. The van der Waals surface area contributed by atoms with Gasteiger partial charge in [0.1, 0.15) is 11.9 Å². The number of carbonyl (C=O) groups excluding carboxylic acids is 2. The van der Waals surface area contributed by atoms with Crippen molar-refractivity contribution in [1.82, 2.24) is 15.5 Å². The molecule has 2 rings (SSSR count). The van der Waals surface area contributed by atoms with Gasteiger partial charge in [-0.05, 0) is 24.5 Å². The van der Waals surface area contributed by atoms with Crippen LogP contribution in [0, 0.1) is 11.7 Å². The van der Waals surface area contributed by atoms with E-state index in [9.17, 15) is 14.0 Å². The summed E-state index contributed by atoms with van der Waals surface area (Å²) in [6.07, 6.45) is 0.473. The van der Waals surface area contributed by atoms with E-state index >= 15 is 0 Å². The smallest absolute Gasteiger partial charge is 0.328 e. The van der Waals surface area contributed by atoms with E-state index < -0.39 is 17.8 Å². The number of amides is 1. The Morgan fingerprint density at radius 1 is 1.31 bits per heavy atom. The van der Waals surface area contributed by atoms with Crippen LogP contribution in [0.15, 0.2) is 33.9 Å². The summed E-state index contributed by atoms with van der Waals surface area (Å²) in [7, 11) is 1.28. The third kappa shape index (κ3) is 5.55. The molecule has 1 aromatic carbocycles. The fourth-order valence-electron chi connectivity index (χ4n) is 2.20. The molecule has 0 aliphatic carbocycles. The van der Waals surface area contributed by atoms with Crippen molar-refractivity contribution in [1.29, 1.82) is 0 Å². The van der Waals surface area contributed by atoms with Gasteiger partial charge in [0.05, 0.1) is 18.4 Å². The fourth-order valence-corrected chi connectivity index (χ4v) is 2.78. The summed E-state index contributed by atoms with van der Waals surface area (Å²) in [6.45, 7) is 3.89. The number of nitrogens with zero attached hydrogens (tertiary/aromatic N) is 2. The Kier molecular flexibility index (Phi) is 7.14. The Bertz CT molecular complexity index is 766. The van der Waals surface area contributed by atoms with E-state index in [2.05, 4.69) is 15.5 Å². The quantitative estimate of drug-likeness (QED) is 0.555. The zero-order chi connectivity index (χ0) is 19.1. The zero-order valence-electron chi connectivity index (χ0n) is 14.7. The molecule has 0 fully saturated rings. The molecule has 1 N–H and O–H groups in total. The average Bonchev–Trinajstić information content (AvgIpc) is 3.07. The predicted molar refractivity (Wildman–Crippen MR) is 93.8 cm³/mol. The SMILES string of the molecule is COC(=O)[C@H](CC(C)C)NC(=O)CSc1nnc(-c2ccccc2F)o1. The minimum Gasteiger partial charge on any atom is -0.467 e. The van der Waals surface area contributed by atoms with Gasteiger partial charge in [-0.1, -0.05) is 37.7 Å². The van der Waals surface area contributed by atoms with Gasteiger partial charge < -0.3 is 14.5 Å². The number of benzene rings is 1. The maximum Gasteiger partial charge on any atom is 0.328 e. The van der Waals surface area contributed by atoms with Crippen molar-refractivity contribution in [2.75, 3.05) is 12.9 Å². The summed E-state index contributed by atoms with van der Waals surface area (Å²) in [5.74, 6) is -1.09. The Hall–Kier alpha value is -2.42. The molecular formula is C17H20FN3O4S. The Morgan fingerprint density at radius 3 is 2.69 bits per heavy atom. The molecule has 1 amide bonds. The van der Waals surface area contributed by atoms with Crippen molar-refractivity contribution in [3.63, 3.8) is 0 Å². The first kappa shape index (κ1) is 19.9. The summed E-state index contributed by atoms with van der Waals surface area (Å²) in [5.41, 5.74) is 0.194. The molecule has 0 bridgehead atoms. The summed E-state index contributed by atoms with van der Waals surface area (Å²) in [4.78, 5) is 23.8. The number of aromatic nitrogens is 2. The van der Waals surface area contributed by atoms with Crippen LogP contribution in [0.1, 0.15) is 20.3 Å². The van der Waals surface area contributed by atoms with Crippen molar-refractivity contribution in [3.8, 4) is 11.5 Å². The number of esters is 1. The van der Waals surface area contributed by atoms with Crippen molar-refractivity contribution in [2.45, 2.75) is 31.5 Å². The van der Waals surface area contributed by atoms with Gasteiger partial charge in [0.2, 0.25) is 5.91 Å². The highest BCUT2D eigenvalue weighted by molar-refractivity contribution is 7.99. The molecule has 0 saturated carbocycles. The van der Waals surface area contributed by atoms with Gasteiger partial charge in [-0.15, -0.1) is 10.2 Å². The number of ether oxygens (including phenoxy) is 1. The lowest BCUT2D eigenvalue weighted by molar-refractivity contribution is -0.145. The lowest BCUT2D eigenvalue weighted by Gasteiger charge is -2.17. The third-order valence-electron chi connectivity index (χ3n) is 3.37. The molecule has 1 aromatic heterocycles. The summed E-state index contributed by atoms with van der Waals surface area (Å²) < 4.78 is 23.8. The normalized spacial score (nSPS) is 12.0. The molecule has 9 heteroatoms. The minimum atomic E-state index is -0.704. The molecular weight excluding hydrogens is 361 g/mol. The largest absolute Gasteiger partial charge is 0.467 e. The maximum absolute atomic E-state index is 13.7. The van der Waals surface area contributed by atoms with Gasteiger partial charge in [0, 0.05) is 0 Å². The van der Waals surface area contributed by atoms with Crippen LogP contribution in [0.5, 0.6) is 0 Å². The predicted octanol–water partition coefficient (Wildman–Crippen LogP) is 2.67. The second-order valence-electron chi connectivity index (χ2n) is 5.91. The number of carbonyl (C=O) groups is 2. The van der Waals surface area contributed by atoms with Gasteiger partial charge in [-0.25, -0.2) is 9.18 Å². The van der Waals surface area contributed by atoms with Gasteiger partial charge in [-0.2, -0.15) is 0 Å². The molecule has 1 atom stereocenters. The topological polar surface area (TPSA) is 94.3 Å². The van der Waals surface area contributed by atoms with Crippen molar-refractivity contribution in [3.05, 3.63) is 30.1 Å². The molecule has 0 aliphatic rings. The molecule has 2 aromatic rings. The van der Waals surface area contributed by atoms with Crippen molar-refractivity contribution in [2.24, 2.45) is 5.92 Å². The Balaban J connectivity index is 1.93. The number of nitrogens with one attached hydrogen (secondary N) is 1. The van der Waals surface area contributed by atoms with Crippen LogP contribution in [0.3, 0.4) is 0 Å². The first-order chi connectivity index (χ1) is 12.4. The molecule has 0 aliphatic heterocycles. The lowest BCUT2D eigenvalue weighted by atomic mass is 10.0. The monoisotopic (exact) mass is 381 g/mol. The van der Waals surface area contributed by atoms with E-state index in [1.54, 1.807) is 12.1 Å². The second-order valence-corrected chi connectivity index (χ2v) is 6.84. The molecule has 7 nitrogen and oxygen atoms in total. The van der Waals surface area contributed by atoms with Crippen LogP contribution in [-0.2, 0) is 14.3 Å². The number of hydrogen-bond donors (Lipinski definition) is 1. The third-order valence-corrected chi connectivity index (χ3v) is 4.18. The number of methoxy groups -OCH3 is 1. The standard InChI is InChI=1S/C17H20FN3O4S/c1-10(2)8-13(16(23)24-3)19-14(22)9-26-17-21-20-15(25-17)11-6-4-5-7-12(11)18/h4-7,10,13H,8-9H2,1-3H3,(H,19,22)/t13-/m0/s1. The highest BCUT2D eigenvalue weighted by Crippen LogP contribution is 2.24. The van der Waals surface area contributed by atoms with Crippen LogP contribution in [0.4, 0.5) is 4.39 Å². The summed E-state index contributed by atoms with van der Waals surface area (Å²) in [6, 6.07) is 5.33. The van der Waals surface area contributed by atoms with Crippen LogP contribution in [0.25, 0.3) is 11.5 Å². The van der Waals surface area contributed by atoms with E-state index in [-0.39, 0.29) is 34.3 Å². The van der Waals surface area contributed by atoms with Crippen molar-refractivity contribution < 1.29 is 23.1 Å². The van der Waals surface area contributed by atoms with Crippen LogP contribution in [0.2, 0.25) is 0 Å². The Morgan fingerprint density at radius 2 is 2.04 bits per heavy atom. The van der Waals surface area contributed by atoms with E-state index in [1.807, 2.05) is 13.8 Å². The molecule has 26 heavy (non-hydrogen) atoms. The Labute approximate surface area is 154 Å². The lowest BCUT2D eigenvalue weighted by Crippen LogP contribution is -2.43. The molecule has 0 unspecified atom stereocenters. The summed E-state index contributed by atoms with van der Waals surface area (Å²) in [5, 5.41) is 10.3. The second kappa shape index (κ2) is 9.33. The number of thioether (sulfide) groups is 1. The average molecular weight is 381 g/mol. The number of halogens is 1. The van der Waals surface area contributed by atoms with Crippen LogP contribution in [-0.4, -0.2) is 41.0 Å². The van der Waals surface area contributed by atoms with Gasteiger partial charge >= 0.3 is 5.97 Å². The number of hydrogen-bond acceptors (Lipinski definition) is 7. The van der Waals surface area contributed by atoms with Crippen molar-refractivity contribution >= 4 is 23.6 Å².